The van der Waals surface area contributed by atoms with Crippen molar-refractivity contribution in [3.05, 3.63) is 53.4 Å². The van der Waals surface area contributed by atoms with E-state index >= 15 is 8.78 Å². The molecule has 7 heterocycles. The molecule has 0 aliphatic carbocycles. The van der Waals surface area contributed by atoms with Crippen LogP contribution in [0.5, 0.6) is 6.01 Å². The van der Waals surface area contributed by atoms with E-state index in [4.69, 9.17) is 10.5 Å². The number of halogens is 6. The topological polar surface area (TPSA) is 103 Å². The minimum absolute atomic E-state index is 0.00520. The van der Waals surface area contributed by atoms with Crippen molar-refractivity contribution in [2.24, 2.45) is 5.92 Å². The van der Waals surface area contributed by atoms with Crippen LogP contribution in [0.3, 0.4) is 0 Å². The third-order valence-electron chi connectivity index (χ3n) is 10.7. The molecule has 15 heteroatoms. The molecule has 256 valence electrons. The van der Waals surface area contributed by atoms with Crippen LogP contribution in [0.1, 0.15) is 37.7 Å². The number of nitrogen functional groups attached to an aromatic ring is 1. The number of aromatic nitrogens is 2. The minimum Gasteiger partial charge on any atom is -0.461 e. The van der Waals surface area contributed by atoms with Gasteiger partial charge < -0.3 is 20.7 Å². The van der Waals surface area contributed by atoms with Gasteiger partial charge in [0.25, 0.3) is 6.08 Å². The SMILES string of the molecule is N#Cc1c(N)sc2c(F)ccc(-c3c(F)cc4c(N5C[C@@H]6CC[C@@](C=C(F)F)(C5)NC6)nc(OC[C@@]56CCCN5C[C@H](F)C6)nc4c3F)c12. The Kier molecular flexibility index (Phi) is 7.69. The van der Waals surface area contributed by atoms with Crippen molar-refractivity contribution in [1.29, 1.82) is 5.26 Å². The fraction of sp³-hybridized carbons (Fsp3) is 0.441. The van der Waals surface area contributed by atoms with E-state index in [1.165, 1.54) is 6.07 Å². The molecule has 8 nitrogen and oxygen atoms in total. The van der Waals surface area contributed by atoms with Crippen molar-refractivity contribution in [3.8, 4) is 23.2 Å². The molecule has 0 unspecified atom stereocenters. The number of nitrogens with zero attached hydrogens (tertiary/aromatic N) is 5. The molecule has 5 fully saturated rings. The van der Waals surface area contributed by atoms with Crippen LogP contribution in [-0.2, 0) is 0 Å². The lowest BCUT2D eigenvalue weighted by atomic mass is 9.86. The van der Waals surface area contributed by atoms with Crippen molar-refractivity contribution in [2.75, 3.05) is 50.0 Å². The quantitative estimate of drug-likeness (QED) is 0.215. The number of rotatable bonds is 6. The number of thiophene rings is 1. The fourth-order valence-electron chi connectivity index (χ4n) is 8.42. The summed E-state index contributed by atoms with van der Waals surface area (Å²) in [5, 5.41) is 13.0. The summed E-state index contributed by atoms with van der Waals surface area (Å²) in [5.41, 5.74) is 3.28. The maximum absolute atomic E-state index is 16.9. The van der Waals surface area contributed by atoms with Gasteiger partial charge in [-0.3, -0.25) is 4.90 Å². The second kappa shape index (κ2) is 11.7. The van der Waals surface area contributed by atoms with Gasteiger partial charge in [0.05, 0.1) is 26.9 Å². The van der Waals surface area contributed by atoms with E-state index in [-0.39, 0.29) is 81.0 Å². The Morgan fingerprint density at radius 2 is 2.02 bits per heavy atom. The van der Waals surface area contributed by atoms with E-state index in [9.17, 15) is 22.8 Å². The van der Waals surface area contributed by atoms with Crippen LogP contribution in [0.2, 0.25) is 0 Å². The Bertz CT molecular complexity index is 2070. The van der Waals surface area contributed by atoms with Gasteiger partial charge in [0.1, 0.15) is 46.8 Å². The van der Waals surface area contributed by atoms with Crippen molar-refractivity contribution in [1.82, 2.24) is 20.2 Å². The van der Waals surface area contributed by atoms with Gasteiger partial charge in [-0.05, 0) is 55.8 Å². The maximum Gasteiger partial charge on any atom is 0.319 e. The number of nitriles is 1. The highest BCUT2D eigenvalue weighted by Gasteiger charge is 2.49. The monoisotopic (exact) mass is 699 g/mol. The normalized spacial score (nSPS) is 26.7. The number of fused-ring (bicyclic) bond motifs is 7. The summed E-state index contributed by atoms with van der Waals surface area (Å²) in [6, 6.07) is 5.02. The molecule has 0 saturated carbocycles. The first-order valence-corrected chi connectivity index (χ1v) is 17.0. The molecular weight excluding hydrogens is 668 g/mol. The zero-order valence-corrected chi connectivity index (χ0v) is 27.0. The Balaban J connectivity index is 1.31. The lowest BCUT2D eigenvalue weighted by Gasteiger charge is -2.35. The number of ether oxygens (including phenoxy) is 1. The molecule has 5 aliphatic rings. The molecule has 2 bridgehead atoms. The number of anilines is 2. The van der Waals surface area contributed by atoms with Crippen LogP contribution in [0.4, 0.5) is 37.2 Å². The second-order valence-corrected chi connectivity index (χ2v) is 14.7. The van der Waals surface area contributed by atoms with Gasteiger partial charge in [0.15, 0.2) is 5.82 Å². The molecule has 49 heavy (non-hydrogen) atoms. The average Bonchev–Trinajstić information content (AvgIpc) is 3.61. The van der Waals surface area contributed by atoms with E-state index < -0.39 is 46.3 Å². The van der Waals surface area contributed by atoms with Gasteiger partial charge >= 0.3 is 6.01 Å². The molecule has 4 atom stereocenters. The van der Waals surface area contributed by atoms with Gasteiger partial charge in [-0.2, -0.15) is 24.0 Å². The zero-order chi connectivity index (χ0) is 34.2. The van der Waals surface area contributed by atoms with Crippen LogP contribution in [-0.4, -0.2) is 71.4 Å². The van der Waals surface area contributed by atoms with E-state index in [2.05, 4.69) is 15.3 Å². The lowest BCUT2D eigenvalue weighted by Crippen LogP contribution is -2.52. The summed E-state index contributed by atoms with van der Waals surface area (Å²) in [6.45, 7) is 1.92. The first kappa shape index (κ1) is 32.1. The van der Waals surface area contributed by atoms with Crippen molar-refractivity contribution < 1.29 is 31.1 Å². The molecule has 5 aliphatic heterocycles. The molecule has 4 aromatic rings. The van der Waals surface area contributed by atoms with Crippen molar-refractivity contribution >= 4 is 43.1 Å². The summed E-state index contributed by atoms with van der Waals surface area (Å²) in [6.07, 6.45) is 0.951. The zero-order valence-electron chi connectivity index (χ0n) is 26.1. The summed E-state index contributed by atoms with van der Waals surface area (Å²) in [5.74, 6) is -2.67. The highest BCUT2D eigenvalue weighted by molar-refractivity contribution is 7.23. The standard InChI is InChI=1S/C34H31F6N7OS/c35-18-9-34(5-1-7-47(34)14-18)16-48-32-44-28-20(31(45-32)46-13-17-4-6-33(15-46,43-12-17)10-24(38)39)8-23(37)26(27(28)40)19-2-3-22(36)29-25(19)21(11-41)30(42)49-29/h2-3,8,10,17-18,43H,1,4-7,9,12-16,42H2/t17-,18-,33-,34+/m1/s1. The summed E-state index contributed by atoms with van der Waals surface area (Å²) in [4.78, 5) is 12.8. The molecule has 3 N–H and O–H groups in total. The molecule has 2 aromatic carbocycles. The predicted molar refractivity (Wildman–Crippen MR) is 174 cm³/mol. The average molecular weight is 700 g/mol. The second-order valence-electron chi connectivity index (χ2n) is 13.6. The molecule has 0 amide bonds. The number of nitrogens with two attached hydrogens (primary N) is 1. The molecule has 5 saturated heterocycles. The Labute approximate surface area is 281 Å². The highest BCUT2D eigenvalue weighted by atomic mass is 32.1. The van der Waals surface area contributed by atoms with Gasteiger partial charge in [-0.1, -0.05) is 6.07 Å². The summed E-state index contributed by atoms with van der Waals surface area (Å²) in [7, 11) is 0. The Morgan fingerprint density at radius 1 is 1.18 bits per heavy atom. The number of benzene rings is 2. The van der Waals surface area contributed by atoms with Crippen molar-refractivity contribution in [3.63, 3.8) is 0 Å². The maximum atomic E-state index is 16.9. The molecule has 9 rings (SSSR count). The minimum atomic E-state index is -1.84. The number of hydrogen-bond donors (Lipinski definition) is 2. The van der Waals surface area contributed by atoms with E-state index in [1.54, 1.807) is 4.90 Å². The van der Waals surface area contributed by atoms with Crippen LogP contribution < -0.4 is 20.7 Å². The molecule has 0 spiro atoms. The molecular formula is C34H31F6N7OS. The first-order chi connectivity index (χ1) is 23.5. The fourth-order valence-corrected chi connectivity index (χ4v) is 9.36. The third kappa shape index (κ3) is 5.26. The smallest absolute Gasteiger partial charge is 0.319 e. The summed E-state index contributed by atoms with van der Waals surface area (Å²) >= 11 is 0.804. The van der Waals surface area contributed by atoms with Gasteiger partial charge in [0.2, 0.25) is 0 Å². The number of piperidine rings is 1. The third-order valence-corrected chi connectivity index (χ3v) is 11.7. The van der Waals surface area contributed by atoms with Crippen molar-refractivity contribution in [2.45, 2.75) is 49.4 Å². The first-order valence-electron chi connectivity index (χ1n) is 16.2. The predicted octanol–water partition coefficient (Wildman–Crippen LogP) is 6.68. The van der Waals surface area contributed by atoms with Crippen LogP contribution in [0.25, 0.3) is 32.1 Å². The lowest BCUT2D eigenvalue weighted by molar-refractivity contribution is 0.107. The highest BCUT2D eigenvalue weighted by Crippen LogP contribution is 2.45. The number of nitrogens with one attached hydrogen (secondary N) is 1. The Hall–Kier alpha value is -4.13. The Morgan fingerprint density at radius 3 is 2.78 bits per heavy atom. The largest absolute Gasteiger partial charge is 0.461 e. The van der Waals surface area contributed by atoms with Gasteiger partial charge in [0, 0.05) is 49.4 Å². The van der Waals surface area contributed by atoms with Crippen LogP contribution >= 0.6 is 11.3 Å². The summed E-state index contributed by atoms with van der Waals surface area (Å²) < 4.78 is 96.2. The van der Waals surface area contributed by atoms with Crippen LogP contribution in [0, 0.1) is 34.7 Å². The number of alkyl halides is 1. The van der Waals surface area contributed by atoms with Crippen LogP contribution in [0.15, 0.2) is 30.4 Å². The number of hydrogen-bond acceptors (Lipinski definition) is 9. The molecule has 0 radical (unpaired) electrons. The van der Waals surface area contributed by atoms with E-state index in [0.717, 1.165) is 42.5 Å². The van der Waals surface area contributed by atoms with E-state index in [1.807, 2.05) is 11.0 Å². The van der Waals surface area contributed by atoms with Gasteiger partial charge in [-0.25, -0.2) is 17.6 Å². The van der Waals surface area contributed by atoms with E-state index in [0.29, 0.717) is 32.4 Å². The molecule has 2 aromatic heterocycles. The van der Waals surface area contributed by atoms with Gasteiger partial charge in [-0.15, -0.1) is 11.3 Å².